The summed E-state index contributed by atoms with van der Waals surface area (Å²) in [7, 11) is 0. The van der Waals surface area contributed by atoms with E-state index in [-0.39, 0.29) is 0 Å². The number of carbonyl (C=O) groups is 1. The normalized spacial score (nSPS) is 21.4. The van der Waals surface area contributed by atoms with Crippen LogP contribution >= 0.6 is 0 Å². The molecule has 1 aliphatic rings. The lowest BCUT2D eigenvalue weighted by molar-refractivity contribution is -0.147. The fraction of sp³-hybridized carbons (Fsp3) is 0.929. The third-order valence-electron chi connectivity index (χ3n) is 3.83. The molecule has 0 aromatic rings. The third-order valence-corrected chi connectivity index (χ3v) is 3.83. The Morgan fingerprint density at radius 3 is 2.59 bits per heavy atom. The van der Waals surface area contributed by atoms with Crippen molar-refractivity contribution in [3.63, 3.8) is 0 Å². The van der Waals surface area contributed by atoms with E-state index in [2.05, 4.69) is 18.7 Å². The molecule has 0 unspecified atom stereocenters. The maximum Gasteiger partial charge on any atom is 0.309 e. The zero-order valence-electron chi connectivity index (χ0n) is 11.8. The van der Waals surface area contributed by atoms with E-state index < -0.39 is 11.4 Å². The Balaban J connectivity index is 2.30. The quantitative estimate of drug-likeness (QED) is 0.804. The summed E-state index contributed by atoms with van der Waals surface area (Å²) < 4.78 is 0. The summed E-state index contributed by atoms with van der Waals surface area (Å²) in [5.74, 6) is -0.684. The van der Waals surface area contributed by atoms with Crippen molar-refractivity contribution in [2.45, 2.75) is 53.4 Å². The molecule has 0 aliphatic carbocycles. The lowest BCUT2D eigenvalue weighted by atomic mass is 9.83. The number of likely N-dealkylation sites (tertiary alicyclic amines) is 1. The lowest BCUT2D eigenvalue weighted by Crippen LogP contribution is -2.40. The number of carboxylic acid groups (broad SMARTS) is 1. The molecule has 17 heavy (non-hydrogen) atoms. The van der Waals surface area contributed by atoms with Gasteiger partial charge in [-0.2, -0.15) is 0 Å². The number of piperidine rings is 1. The van der Waals surface area contributed by atoms with Gasteiger partial charge < -0.3 is 10.0 Å². The molecule has 3 nitrogen and oxygen atoms in total. The van der Waals surface area contributed by atoms with E-state index >= 15 is 0 Å². The Hall–Kier alpha value is -0.570. The van der Waals surface area contributed by atoms with E-state index in [9.17, 15) is 4.79 Å². The highest BCUT2D eigenvalue weighted by Gasteiger charge is 2.28. The Morgan fingerprint density at radius 2 is 2.06 bits per heavy atom. The summed E-state index contributed by atoms with van der Waals surface area (Å²) in [6.07, 6.45) is 4.33. The maximum atomic E-state index is 11.0. The second kappa shape index (κ2) is 5.38. The second-order valence-corrected chi connectivity index (χ2v) is 6.84. The zero-order valence-corrected chi connectivity index (χ0v) is 11.8. The maximum absolute atomic E-state index is 11.0. The second-order valence-electron chi connectivity index (χ2n) is 6.84. The number of nitrogens with zero attached hydrogens (tertiary/aromatic N) is 1. The molecule has 0 amide bonds. The van der Waals surface area contributed by atoms with Gasteiger partial charge in [-0.05, 0) is 58.0 Å². The van der Waals surface area contributed by atoms with Crippen molar-refractivity contribution in [2.75, 3.05) is 19.6 Å². The predicted molar refractivity (Wildman–Crippen MR) is 70.1 cm³/mol. The van der Waals surface area contributed by atoms with Crippen LogP contribution in [0.5, 0.6) is 0 Å². The van der Waals surface area contributed by atoms with Gasteiger partial charge in [-0.25, -0.2) is 0 Å². The van der Waals surface area contributed by atoms with Crippen LogP contribution in [0.2, 0.25) is 0 Å². The van der Waals surface area contributed by atoms with Gasteiger partial charge in [0.2, 0.25) is 0 Å². The number of aliphatic carboxylic acids is 1. The topological polar surface area (TPSA) is 40.5 Å². The van der Waals surface area contributed by atoms with E-state index in [0.717, 1.165) is 25.9 Å². The number of hydrogen-bond donors (Lipinski definition) is 1. The third kappa shape index (κ3) is 4.66. The summed E-state index contributed by atoms with van der Waals surface area (Å²) in [5, 5.41) is 9.05. The standard InChI is InChI=1S/C14H27NO2/c1-13(2)7-5-9-15(11-13)10-6-8-14(3,4)12(16)17/h5-11H2,1-4H3,(H,16,17). The highest BCUT2D eigenvalue weighted by atomic mass is 16.4. The Morgan fingerprint density at radius 1 is 1.41 bits per heavy atom. The molecule has 0 aromatic carbocycles. The van der Waals surface area contributed by atoms with Crippen LogP contribution < -0.4 is 0 Å². The van der Waals surface area contributed by atoms with Crippen LogP contribution in [0.1, 0.15) is 53.4 Å². The number of hydrogen-bond acceptors (Lipinski definition) is 2. The van der Waals surface area contributed by atoms with Crippen molar-refractivity contribution in [1.29, 1.82) is 0 Å². The molecule has 3 heteroatoms. The molecule has 1 aliphatic heterocycles. The minimum absolute atomic E-state index is 0.431. The lowest BCUT2D eigenvalue weighted by Gasteiger charge is -2.38. The average molecular weight is 241 g/mol. The molecule has 1 rings (SSSR count). The molecule has 1 saturated heterocycles. The largest absolute Gasteiger partial charge is 0.481 e. The van der Waals surface area contributed by atoms with Crippen LogP contribution in [0.3, 0.4) is 0 Å². The van der Waals surface area contributed by atoms with Gasteiger partial charge in [-0.15, -0.1) is 0 Å². The first-order valence-electron chi connectivity index (χ1n) is 6.69. The molecular weight excluding hydrogens is 214 g/mol. The average Bonchev–Trinajstić information content (AvgIpc) is 2.15. The van der Waals surface area contributed by atoms with E-state index in [1.807, 2.05) is 13.8 Å². The van der Waals surface area contributed by atoms with E-state index in [4.69, 9.17) is 5.11 Å². The highest BCUT2D eigenvalue weighted by molar-refractivity contribution is 5.73. The first kappa shape index (κ1) is 14.5. The first-order valence-corrected chi connectivity index (χ1v) is 6.69. The fourth-order valence-electron chi connectivity index (χ4n) is 2.59. The van der Waals surface area contributed by atoms with Crippen LogP contribution in [0.4, 0.5) is 0 Å². The summed E-state index contributed by atoms with van der Waals surface area (Å²) >= 11 is 0. The Kier molecular flexibility index (Phi) is 4.59. The van der Waals surface area contributed by atoms with Gasteiger partial charge in [0.05, 0.1) is 5.41 Å². The van der Waals surface area contributed by atoms with Crippen molar-refractivity contribution >= 4 is 5.97 Å². The van der Waals surface area contributed by atoms with Crippen LogP contribution in [-0.4, -0.2) is 35.6 Å². The van der Waals surface area contributed by atoms with Gasteiger partial charge in [0.1, 0.15) is 0 Å². The summed E-state index contributed by atoms with van der Waals surface area (Å²) in [6.45, 7) is 11.6. The van der Waals surface area contributed by atoms with Gasteiger partial charge >= 0.3 is 5.97 Å². The van der Waals surface area contributed by atoms with Crippen molar-refractivity contribution in [2.24, 2.45) is 10.8 Å². The molecule has 0 bridgehead atoms. The van der Waals surface area contributed by atoms with Gasteiger partial charge in [0, 0.05) is 6.54 Å². The van der Waals surface area contributed by atoms with Crippen LogP contribution in [0.15, 0.2) is 0 Å². The minimum atomic E-state index is -0.684. The van der Waals surface area contributed by atoms with Crippen molar-refractivity contribution < 1.29 is 9.90 Å². The van der Waals surface area contributed by atoms with E-state index in [1.165, 1.54) is 19.4 Å². The number of carboxylic acids is 1. The fourth-order valence-corrected chi connectivity index (χ4v) is 2.59. The molecule has 0 saturated carbocycles. The summed E-state index contributed by atoms with van der Waals surface area (Å²) in [5.41, 5.74) is -0.147. The highest BCUT2D eigenvalue weighted by Crippen LogP contribution is 2.29. The van der Waals surface area contributed by atoms with Crippen LogP contribution in [-0.2, 0) is 4.79 Å². The zero-order chi connectivity index (χ0) is 13.1. The monoisotopic (exact) mass is 241 g/mol. The first-order chi connectivity index (χ1) is 7.73. The van der Waals surface area contributed by atoms with Gasteiger partial charge in [-0.1, -0.05) is 13.8 Å². The van der Waals surface area contributed by atoms with Gasteiger partial charge in [0.25, 0.3) is 0 Å². The van der Waals surface area contributed by atoms with Gasteiger partial charge in [-0.3, -0.25) is 4.79 Å². The molecule has 0 atom stereocenters. The van der Waals surface area contributed by atoms with Crippen molar-refractivity contribution in [3.8, 4) is 0 Å². The van der Waals surface area contributed by atoms with E-state index in [1.54, 1.807) is 0 Å². The van der Waals surface area contributed by atoms with Crippen LogP contribution in [0.25, 0.3) is 0 Å². The SMILES string of the molecule is CC1(C)CCCN(CCCC(C)(C)C(=O)O)C1. The van der Waals surface area contributed by atoms with Crippen molar-refractivity contribution in [3.05, 3.63) is 0 Å². The van der Waals surface area contributed by atoms with Crippen LogP contribution in [0, 0.1) is 10.8 Å². The molecule has 100 valence electrons. The molecular formula is C14H27NO2. The molecule has 0 spiro atoms. The smallest absolute Gasteiger partial charge is 0.309 e. The van der Waals surface area contributed by atoms with E-state index in [0.29, 0.717) is 5.41 Å². The predicted octanol–water partition coefficient (Wildman–Crippen LogP) is 3.00. The molecule has 1 fully saturated rings. The molecule has 0 aromatic heterocycles. The molecule has 1 heterocycles. The Labute approximate surface area is 105 Å². The van der Waals surface area contributed by atoms with Crippen molar-refractivity contribution in [1.82, 2.24) is 4.90 Å². The minimum Gasteiger partial charge on any atom is -0.481 e. The summed E-state index contributed by atoms with van der Waals surface area (Å²) in [6, 6.07) is 0. The Bertz CT molecular complexity index is 271. The molecule has 0 radical (unpaired) electrons. The molecule has 1 N–H and O–H groups in total. The summed E-state index contributed by atoms with van der Waals surface area (Å²) in [4.78, 5) is 13.5. The number of rotatable bonds is 5. The van der Waals surface area contributed by atoms with Gasteiger partial charge in [0.15, 0.2) is 0 Å².